The number of hydrogen-bond donors (Lipinski definition) is 2. The molecule has 8 heteroatoms. The van der Waals surface area contributed by atoms with Crippen molar-refractivity contribution in [2.75, 3.05) is 37.5 Å². The molecule has 1 saturated heterocycles. The standard InChI is InChI=1S/C27H28FN3O4/c1-34-23-6-5-7-24(35-2)25(23)27(33)30-20-12-13-22(31-14-3-4-15-31)21(16-20)26(32)29-17-18-8-10-19(28)11-9-18/h5-13,16H,3-4,14-15,17H2,1-2H3,(H,29,32)(H,30,33). The van der Waals surface area contributed by atoms with Crippen LogP contribution >= 0.6 is 0 Å². The van der Waals surface area contributed by atoms with E-state index in [1.807, 2.05) is 6.07 Å². The van der Waals surface area contributed by atoms with E-state index in [1.165, 1.54) is 26.4 Å². The van der Waals surface area contributed by atoms with Crippen molar-refractivity contribution in [2.24, 2.45) is 0 Å². The van der Waals surface area contributed by atoms with Gasteiger partial charge in [0, 0.05) is 31.0 Å². The summed E-state index contributed by atoms with van der Waals surface area (Å²) in [7, 11) is 2.97. The van der Waals surface area contributed by atoms with Gasteiger partial charge in [-0.1, -0.05) is 18.2 Å². The van der Waals surface area contributed by atoms with Crippen LogP contribution in [0.5, 0.6) is 11.5 Å². The summed E-state index contributed by atoms with van der Waals surface area (Å²) in [5.41, 5.74) is 2.79. The first kappa shape index (κ1) is 24.1. The number of halogens is 1. The van der Waals surface area contributed by atoms with Gasteiger partial charge in [-0.15, -0.1) is 0 Å². The molecule has 2 amide bonds. The minimum Gasteiger partial charge on any atom is -0.496 e. The maximum Gasteiger partial charge on any atom is 0.263 e. The van der Waals surface area contributed by atoms with Crippen molar-refractivity contribution >= 4 is 23.2 Å². The highest BCUT2D eigenvalue weighted by Crippen LogP contribution is 2.31. The average Bonchev–Trinajstić information content (AvgIpc) is 3.42. The third-order valence-electron chi connectivity index (χ3n) is 5.97. The summed E-state index contributed by atoms with van der Waals surface area (Å²) in [6, 6.07) is 16.4. The summed E-state index contributed by atoms with van der Waals surface area (Å²) in [6.07, 6.45) is 2.12. The first-order valence-corrected chi connectivity index (χ1v) is 11.4. The molecule has 1 aliphatic heterocycles. The molecule has 3 aromatic rings. The SMILES string of the molecule is COc1cccc(OC)c1C(=O)Nc1ccc(N2CCCC2)c(C(=O)NCc2ccc(F)cc2)c1. The van der Waals surface area contributed by atoms with Crippen molar-refractivity contribution in [1.82, 2.24) is 5.32 Å². The lowest BCUT2D eigenvalue weighted by Crippen LogP contribution is -2.27. The largest absolute Gasteiger partial charge is 0.496 e. The number of methoxy groups -OCH3 is 2. The number of carbonyl (C=O) groups is 2. The smallest absolute Gasteiger partial charge is 0.263 e. The number of benzene rings is 3. The van der Waals surface area contributed by atoms with Crippen molar-refractivity contribution in [3.63, 3.8) is 0 Å². The molecule has 1 heterocycles. The summed E-state index contributed by atoms with van der Waals surface area (Å²) < 4.78 is 23.9. The molecule has 0 unspecified atom stereocenters. The van der Waals surface area contributed by atoms with Gasteiger partial charge in [0.1, 0.15) is 22.9 Å². The van der Waals surface area contributed by atoms with Crippen LogP contribution in [0.2, 0.25) is 0 Å². The average molecular weight is 478 g/mol. The van der Waals surface area contributed by atoms with Gasteiger partial charge in [-0.3, -0.25) is 9.59 Å². The van der Waals surface area contributed by atoms with Crippen LogP contribution in [0.3, 0.4) is 0 Å². The van der Waals surface area contributed by atoms with Gasteiger partial charge in [0.2, 0.25) is 0 Å². The predicted octanol–water partition coefficient (Wildman–Crippen LogP) is 4.63. The van der Waals surface area contributed by atoms with E-state index in [1.54, 1.807) is 42.5 Å². The second-order valence-electron chi connectivity index (χ2n) is 8.23. The summed E-state index contributed by atoms with van der Waals surface area (Å²) >= 11 is 0. The van der Waals surface area contributed by atoms with E-state index in [2.05, 4.69) is 15.5 Å². The molecule has 182 valence electrons. The maximum absolute atomic E-state index is 13.2. The zero-order valence-electron chi connectivity index (χ0n) is 19.8. The van der Waals surface area contributed by atoms with E-state index in [0.29, 0.717) is 22.7 Å². The second-order valence-corrected chi connectivity index (χ2v) is 8.23. The van der Waals surface area contributed by atoms with E-state index in [4.69, 9.17) is 9.47 Å². The third kappa shape index (κ3) is 5.54. The highest BCUT2D eigenvalue weighted by Gasteiger charge is 2.22. The van der Waals surface area contributed by atoms with E-state index >= 15 is 0 Å². The molecule has 0 bridgehead atoms. The Morgan fingerprint density at radius 2 is 1.57 bits per heavy atom. The molecule has 0 aliphatic carbocycles. The highest BCUT2D eigenvalue weighted by molar-refractivity contribution is 6.09. The summed E-state index contributed by atoms with van der Waals surface area (Å²) in [4.78, 5) is 28.5. The fourth-order valence-corrected chi connectivity index (χ4v) is 4.18. The zero-order valence-corrected chi connectivity index (χ0v) is 19.8. The minimum atomic E-state index is -0.411. The number of rotatable bonds is 8. The van der Waals surface area contributed by atoms with Crippen molar-refractivity contribution < 1.29 is 23.5 Å². The number of anilines is 2. The molecule has 7 nitrogen and oxygen atoms in total. The molecule has 0 spiro atoms. The number of amides is 2. The van der Waals surface area contributed by atoms with E-state index in [-0.39, 0.29) is 23.8 Å². The van der Waals surface area contributed by atoms with E-state index in [0.717, 1.165) is 37.2 Å². The molecule has 4 rings (SSSR count). The van der Waals surface area contributed by atoms with Gasteiger partial charge < -0.3 is 25.0 Å². The molecule has 2 N–H and O–H groups in total. The molecule has 0 atom stereocenters. The van der Waals surface area contributed by atoms with Crippen LogP contribution in [0.4, 0.5) is 15.8 Å². The van der Waals surface area contributed by atoms with Gasteiger partial charge in [0.05, 0.1) is 19.8 Å². The van der Waals surface area contributed by atoms with Gasteiger partial charge in [0.15, 0.2) is 0 Å². The van der Waals surface area contributed by atoms with E-state index in [9.17, 15) is 14.0 Å². The molecule has 0 aromatic heterocycles. The van der Waals surface area contributed by atoms with Crippen LogP contribution < -0.4 is 25.0 Å². The van der Waals surface area contributed by atoms with Crippen molar-refractivity contribution in [3.8, 4) is 11.5 Å². The molecule has 0 radical (unpaired) electrons. The minimum absolute atomic E-state index is 0.257. The lowest BCUT2D eigenvalue weighted by molar-refractivity contribution is 0.0949. The predicted molar refractivity (Wildman–Crippen MR) is 133 cm³/mol. The molecule has 1 aliphatic rings. The molecule has 0 saturated carbocycles. The maximum atomic E-state index is 13.2. The van der Waals surface area contributed by atoms with Crippen LogP contribution in [0, 0.1) is 5.82 Å². The van der Waals surface area contributed by atoms with Crippen LogP contribution in [0.1, 0.15) is 39.1 Å². The summed E-state index contributed by atoms with van der Waals surface area (Å²) in [6.45, 7) is 1.98. The summed E-state index contributed by atoms with van der Waals surface area (Å²) in [5, 5.41) is 5.77. The third-order valence-corrected chi connectivity index (χ3v) is 5.97. The van der Waals surface area contributed by atoms with Crippen LogP contribution in [0.15, 0.2) is 60.7 Å². The Hall–Kier alpha value is -4.07. The number of nitrogens with zero attached hydrogens (tertiary/aromatic N) is 1. The topological polar surface area (TPSA) is 79.9 Å². The van der Waals surface area contributed by atoms with Crippen LogP contribution in [-0.2, 0) is 6.54 Å². The Bertz CT molecular complexity index is 1190. The Kier molecular flexibility index (Phi) is 7.50. The lowest BCUT2D eigenvalue weighted by atomic mass is 10.1. The molecule has 35 heavy (non-hydrogen) atoms. The Labute approximate surface area is 203 Å². The first-order chi connectivity index (χ1) is 17.0. The fraction of sp³-hybridized carbons (Fsp3) is 0.259. The monoisotopic (exact) mass is 477 g/mol. The van der Waals surface area contributed by atoms with Gasteiger partial charge in [-0.05, 0) is 60.9 Å². The van der Waals surface area contributed by atoms with Gasteiger partial charge in [0.25, 0.3) is 11.8 Å². The van der Waals surface area contributed by atoms with Gasteiger partial charge in [-0.25, -0.2) is 4.39 Å². The lowest BCUT2D eigenvalue weighted by Gasteiger charge is -2.22. The number of carbonyl (C=O) groups excluding carboxylic acids is 2. The fourth-order valence-electron chi connectivity index (χ4n) is 4.18. The number of hydrogen-bond acceptors (Lipinski definition) is 5. The highest BCUT2D eigenvalue weighted by atomic mass is 19.1. The Morgan fingerprint density at radius 3 is 2.20 bits per heavy atom. The quantitative estimate of drug-likeness (QED) is 0.495. The van der Waals surface area contributed by atoms with Crippen molar-refractivity contribution in [2.45, 2.75) is 19.4 Å². The molecular weight excluding hydrogens is 449 g/mol. The van der Waals surface area contributed by atoms with Crippen molar-refractivity contribution in [1.29, 1.82) is 0 Å². The van der Waals surface area contributed by atoms with Gasteiger partial charge in [-0.2, -0.15) is 0 Å². The Morgan fingerprint density at radius 1 is 0.914 bits per heavy atom. The molecular formula is C27H28FN3O4. The zero-order chi connectivity index (χ0) is 24.8. The Balaban J connectivity index is 1.59. The number of ether oxygens (including phenoxy) is 2. The number of nitrogens with one attached hydrogen (secondary N) is 2. The van der Waals surface area contributed by atoms with Crippen LogP contribution in [-0.4, -0.2) is 39.1 Å². The second kappa shape index (κ2) is 10.9. The summed E-state index contributed by atoms with van der Waals surface area (Å²) in [5.74, 6) is -0.250. The van der Waals surface area contributed by atoms with E-state index < -0.39 is 5.91 Å². The first-order valence-electron chi connectivity index (χ1n) is 11.4. The van der Waals surface area contributed by atoms with Crippen molar-refractivity contribution in [3.05, 3.63) is 83.2 Å². The normalized spacial score (nSPS) is 12.8. The van der Waals surface area contributed by atoms with Crippen LogP contribution in [0.25, 0.3) is 0 Å². The molecule has 1 fully saturated rings. The molecule has 3 aromatic carbocycles. The van der Waals surface area contributed by atoms with Gasteiger partial charge >= 0.3 is 0 Å².